The van der Waals surface area contributed by atoms with Crippen LogP contribution < -0.4 is 10.6 Å². The second kappa shape index (κ2) is 6.75. The summed E-state index contributed by atoms with van der Waals surface area (Å²) in [7, 11) is 2.21. The van der Waals surface area contributed by atoms with Gasteiger partial charge in [0.2, 0.25) is 0 Å². The van der Waals surface area contributed by atoms with Gasteiger partial charge in [-0.3, -0.25) is 4.90 Å². The van der Waals surface area contributed by atoms with E-state index in [4.69, 9.17) is 17.3 Å². The van der Waals surface area contributed by atoms with Crippen LogP contribution in [0.5, 0.6) is 0 Å². The summed E-state index contributed by atoms with van der Waals surface area (Å²) in [6.07, 6.45) is 2.38. The molecule has 22 heavy (non-hydrogen) atoms. The van der Waals surface area contributed by atoms with Gasteiger partial charge in [0.1, 0.15) is 0 Å². The third kappa shape index (κ3) is 3.25. The number of anilines is 1. The number of nitrogens with zero attached hydrogens (tertiary/aromatic N) is 3. The number of halogens is 1. The summed E-state index contributed by atoms with van der Waals surface area (Å²) in [5.41, 5.74) is 7.64. The van der Waals surface area contributed by atoms with Crippen LogP contribution in [0, 0.1) is 0 Å². The van der Waals surface area contributed by atoms with Gasteiger partial charge in [-0.1, -0.05) is 17.7 Å². The number of benzene rings is 1. The largest absolute Gasteiger partial charge is 0.369 e. The Bertz CT molecular complexity index is 491. The fourth-order valence-electron chi connectivity index (χ4n) is 3.80. The van der Waals surface area contributed by atoms with Crippen molar-refractivity contribution in [1.29, 1.82) is 0 Å². The van der Waals surface area contributed by atoms with Gasteiger partial charge in [0.15, 0.2) is 0 Å². The molecule has 0 aromatic heterocycles. The van der Waals surface area contributed by atoms with Gasteiger partial charge >= 0.3 is 0 Å². The summed E-state index contributed by atoms with van der Waals surface area (Å²) in [4.78, 5) is 7.48. The van der Waals surface area contributed by atoms with Gasteiger partial charge < -0.3 is 15.5 Å². The standard InChI is InChI=1S/C17H27ClN4/c1-20-7-5-17(14-19,6-8-20)22-11-9-21(10-12-22)16-4-2-3-15(18)13-16/h2-4,13H,5-12,14,19H2,1H3. The van der Waals surface area contributed by atoms with E-state index in [9.17, 15) is 0 Å². The molecule has 0 aliphatic carbocycles. The molecule has 5 heteroatoms. The Labute approximate surface area is 138 Å². The molecule has 2 N–H and O–H groups in total. The number of likely N-dealkylation sites (tertiary alicyclic amines) is 1. The predicted octanol–water partition coefficient (Wildman–Crippen LogP) is 1.89. The van der Waals surface area contributed by atoms with Gasteiger partial charge in [-0.2, -0.15) is 0 Å². The molecular formula is C17H27ClN4. The van der Waals surface area contributed by atoms with Crippen molar-refractivity contribution in [3.05, 3.63) is 29.3 Å². The van der Waals surface area contributed by atoms with E-state index < -0.39 is 0 Å². The third-order valence-electron chi connectivity index (χ3n) is 5.42. The van der Waals surface area contributed by atoms with E-state index in [1.165, 1.54) is 18.5 Å². The average Bonchev–Trinajstić information content (AvgIpc) is 2.56. The SMILES string of the molecule is CN1CCC(CN)(N2CCN(c3cccc(Cl)c3)CC2)CC1. The average molecular weight is 323 g/mol. The van der Waals surface area contributed by atoms with Crippen molar-refractivity contribution >= 4 is 17.3 Å². The lowest BCUT2D eigenvalue weighted by Crippen LogP contribution is -2.63. The molecule has 1 aromatic rings. The molecule has 2 fully saturated rings. The van der Waals surface area contributed by atoms with Crippen molar-refractivity contribution in [2.24, 2.45) is 5.73 Å². The van der Waals surface area contributed by atoms with Crippen LogP contribution in [0.2, 0.25) is 5.02 Å². The van der Waals surface area contributed by atoms with Gasteiger partial charge in [0.05, 0.1) is 0 Å². The number of rotatable bonds is 3. The smallest absolute Gasteiger partial charge is 0.0426 e. The molecule has 3 rings (SSSR count). The van der Waals surface area contributed by atoms with Crippen molar-refractivity contribution in [2.45, 2.75) is 18.4 Å². The van der Waals surface area contributed by atoms with Crippen LogP contribution in [0.3, 0.4) is 0 Å². The quantitative estimate of drug-likeness (QED) is 0.922. The molecule has 0 spiro atoms. The second-order valence-corrected chi connectivity index (χ2v) is 7.12. The molecule has 0 bridgehead atoms. The van der Waals surface area contributed by atoms with Crippen LogP contribution >= 0.6 is 11.6 Å². The highest BCUT2D eigenvalue weighted by atomic mass is 35.5. The molecule has 4 nitrogen and oxygen atoms in total. The van der Waals surface area contributed by atoms with Crippen LogP contribution in [0.4, 0.5) is 5.69 Å². The minimum absolute atomic E-state index is 0.215. The topological polar surface area (TPSA) is 35.7 Å². The fraction of sp³-hybridized carbons (Fsp3) is 0.647. The maximum absolute atomic E-state index is 6.19. The van der Waals surface area contributed by atoms with Gasteiger partial charge in [-0.25, -0.2) is 0 Å². The minimum Gasteiger partial charge on any atom is -0.369 e. The van der Waals surface area contributed by atoms with Crippen molar-refractivity contribution in [3.63, 3.8) is 0 Å². The summed E-state index contributed by atoms with van der Waals surface area (Å²) in [5.74, 6) is 0. The van der Waals surface area contributed by atoms with Gasteiger partial charge in [0, 0.05) is 49.0 Å². The highest BCUT2D eigenvalue weighted by Gasteiger charge is 2.39. The molecular weight excluding hydrogens is 296 g/mol. The molecule has 0 atom stereocenters. The Morgan fingerprint density at radius 2 is 1.77 bits per heavy atom. The van der Waals surface area contributed by atoms with Crippen LogP contribution in [0.25, 0.3) is 0 Å². The second-order valence-electron chi connectivity index (χ2n) is 6.69. The first-order valence-corrected chi connectivity index (χ1v) is 8.65. The number of nitrogens with two attached hydrogens (primary N) is 1. The van der Waals surface area contributed by atoms with Crippen LogP contribution in [-0.2, 0) is 0 Å². The van der Waals surface area contributed by atoms with E-state index in [0.29, 0.717) is 0 Å². The summed E-state index contributed by atoms with van der Waals surface area (Å²) in [5, 5.41) is 0.814. The van der Waals surface area contributed by atoms with E-state index in [1.807, 2.05) is 12.1 Å². The van der Waals surface area contributed by atoms with Crippen molar-refractivity contribution in [2.75, 3.05) is 57.8 Å². The Balaban J connectivity index is 1.63. The van der Waals surface area contributed by atoms with Gasteiger partial charge in [-0.15, -0.1) is 0 Å². The molecule has 0 amide bonds. The first-order valence-electron chi connectivity index (χ1n) is 8.27. The van der Waals surface area contributed by atoms with Crippen molar-refractivity contribution < 1.29 is 0 Å². The third-order valence-corrected chi connectivity index (χ3v) is 5.66. The summed E-state index contributed by atoms with van der Waals surface area (Å²) < 4.78 is 0. The fourth-order valence-corrected chi connectivity index (χ4v) is 3.98. The Kier molecular flexibility index (Phi) is 4.93. The number of piperazine rings is 1. The van der Waals surface area contributed by atoms with Crippen LogP contribution in [0.15, 0.2) is 24.3 Å². The Morgan fingerprint density at radius 1 is 1.09 bits per heavy atom. The first-order chi connectivity index (χ1) is 10.6. The minimum atomic E-state index is 0.215. The summed E-state index contributed by atoms with van der Waals surface area (Å²) in [6, 6.07) is 8.17. The highest BCUT2D eigenvalue weighted by Crippen LogP contribution is 2.30. The molecule has 0 unspecified atom stereocenters. The van der Waals surface area contributed by atoms with Crippen LogP contribution in [0.1, 0.15) is 12.8 Å². The molecule has 2 aliphatic rings. The number of hydrogen-bond donors (Lipinski definition) is 1. The van der Waals surface area contributed by atoms with E-state index in [-0.39, 0.29) is 5.54 Å². The lowest BCUT2D eigenvalue weighted by molar-refractivity contribution is 0.0297. The van der Waals surface area contributed by atoms with Crippen LogP contribution in [-0.4, -0.2) is 68.2 Å². The maximum atomic E-state index is 6.19. The molecule has 0 radical (unpaired) electrons. The lowest BCUT2D eigenvalue weighted by atomic mass is 9.85. The van der Waals surface area contributed by atoms with Crippen molar-refractivity contribution in [3.8, 4) is 0 Å². The van der Waals surface area contributed by atoms with Gasteiger partial charge in [0.25, 0.3) is 0 Å². The lowest BCUT2D eigenvalue weighted by Gasteiger charge is -2.51. The molecule has 122 valence electrons. The normalized spacial score (nSPS) is 23.7. The molecule has 2 aliphatic heterocycles. The summed E-state index contributed by atoms with van der Waals surface area (Å²) in [6.45, 7) is 7.38. The highest BCUT2D eigenvalue weighted by molar-refractivity contribution is 6.30. The van der Waals surface area contributed by atoms with E-state index >= 15 is 0 Å². The van der Waals surface area contributed by atoms with E-state index in [2.05, 4.69) is 33.9 Å². The van der Waals surface area contributed by atoms with E-state index in [1.54, 1.807) is 0 Å². The number of piperidine rings is 1. The predicted molar refractivity (Wildman–Crippen MR) is 93.8 cm³/mol. The maximum Gasteiger partial charge on any atom is 0.0426 e. The zero-order valence-corrected chi connectivity index (χ0v) is 14.2. The zero-order chi connectivity index (χ0) is 15.6. The van der Waals surface area contributed by atoms with Gasteiger partial charge in [-0.05, 0) is 51.2 Å². The molecule has 2 saturated heterocycles. The van der Waals surface area contributed by atoms with Crippen molar-refractivity contribution in [1.82, 2.24) is 9.80 Å². The Hall–Kier alpha value is -0.810. The summed E-state index contributed by atoms with van der Waals surface area (Å²) >= 11 is 6.11. The molecule has 1 aromatic carbocycles. The van der Waals surface area contributed by atoms with E-state index in [0.717, 1.165) is 50.8 Å². The Morgan fingerprint density at radius 3 is 2.36 bits per heavy atom. The number of hydrogen-bond acceptors (Lipinski definition) is 4. The monoisotopic (exact) mass is 322 g/mol. The zero-order valence-electron chi connectivity index (χ0n) is 13.5. The first kappa shape index (κ1) is 16.1. The molecule has 2 heterocycles. The molecule has 0 saturated carbocycles.